The Hall–Kier alpha value is -0.800. The molecule has 15 heavy (non-hydrogen) atoms. The zero-order valence-electron chi connectivity index (χ0n) is 10.2. The molecule has 1 heterocycles. The molecular formula is C12H23N3. The van der Waals surface area contributed by atoms with Gasteiger partial charge in [-0.3, -0.25) is 0 Å². The van der Waals surface area contributed by atoms with E-state index in [2.05, 4.69) is 54.1 Å². The minimum absolute atomic E-state index is 0.973. The lowest BCUT2D eigenvalue weighted by Gasteiger charge is -2.12. The molecule has 86 valence electrons. The van der Waals surface area contributed by atoms with Crippen molar-refractivity contribution in [1.82, 2.24) is 14.8 Å². The van der Waals surface area contributed by atoms with Crippen LogP contribution < -0.4 is 5.32 Å². The van der Waals surface area contributed by atoms with Crippen LogP contribution >= 0.6 is 0 Å². The third-order valence-electron chi connectivity index (χ3n) is 2.43. The highest BCUT2D eigenvalue weighted by molar-refractivity contribution is 5.06. The van der Waals surface area contributed by atoms with Crippen molar-refractivity contribution >= 4 is 0 Å². The molecule has 0 saturated carbocycles. The first kappa shape index (κ1) is 12.3. The zero-order chi connectivity index (χ0) is 11.1. The first-order chi connectivity index (χ1) is 7.24. The van der Waals surface area contributed by atoms with Crippen molar-refractivity contribution in [2.75, 3.05) is 27.2 Å². The molecule has 0 unspecified atom stereocenters. The van der Waals surface area contributed by atoms with E-state index in [1.165, 1.54) is 12.1 Å². The largest absolute Gasteiger partial charge is 0.350 e. The van der Waals surface area contributed by atoms with Crippen molar-refractivity contribution < 1.29 is 0 Å². The third kappa shape index (κ3) is 4.49. The van der Waals surface area contributed by atoms with Crippen LogP contribution in [-0.2, 0) is 13.1 Å². The SMILES string of the molecule is CCCn1cccc1CNCCN(C)C. The average Bonchev–Trinajstić information content (AvgIpc) is 2.61. The van der Waals surface area contributed by atoms with E-state index in [0.717, 1.165) is 26.2 Å². The molecular weight excluding hydrogens is 186 g/mol. The van der Waals surface area contributed by atoms with Crippen LogP contribution in [0.15, 0.2) is 18.3 Å². The molecule has 0 aliphatic heterocycles. The summed E-state index contributed by atoms with van der Waals surface area (Å²) in [7, 11) is 4.20. The highest BCUT2D eigenvalue weighted by Crippen LogP contribution is 2.02. The van der Waals surface area contributed by atoms with Gasteiger partial charge in [0.25, 0.3) is 0 Å². The lowest BCUT2D eigenvalue weighted by Crippen LogP contribution is -2.26. The van der Waals surface area contributed by atoms with Gasteiger partial charge in [-0.25, -0.2) is 0 Å². The van der Waals surface area contributed by atoms with E-state index in [0.29, 0.717) is 0 Å². The van der Waals surface area contributed by atoms with E-state index in [-0.39, 0.29) is 0 Å². The lowest BCUT2D eigenvalue weighted by molar-refractivity contribution is 0.398. The Morgan fingerprint density at radius 2 is 2.20 bits per heavy atom. The molecule has 0 radical (unpaired) electrons. The van der Waals surface area contributed by atoms with Crippen LogP contribution in [0.1, 0.15) is 19.0 Å². The number of aromatic nitrogens is 1. The first-order valence-electron chi connectivity index (χ1n) is 5.73. The molecule has 1 rings (SSSR count). The van der Waals surface area contributed by atoms with Gasteiger partial charge in [-0.2, -0.15) is 0 Å². The van der Waals surface area contributed by atoms with Gasteiger partial charge in [-0.15, -0.1) is 0 Å². The van der Waals surface area contributed by atoms with Crippen LogP contribution in [-0.4, -0.2) is 36.7 Å². The number of hydrogen-bond donors (Lipinski definition) is 1. The standard InChI is InChI=1S/C12H23N3/c1-4-8-15-9-5-6-12(15)11-13-7-10-14(2)3/h5-6,9,13H,4,7-8,10-11H2,1-3H3. The topological polar surface area (TPSA) is 20.2 Å². The van der Waals surface area contributed by atoms with Crippen molar-refractivity contribution in [2.45, 2.75) is 26.4 Å². The quantitative estimate of drug-likeness (QED) is 0.688. The number of nitrogens with one attached hydrogen (secondary N) is 1. The summed E-state index contributed by atoms with van der Waals surface area (Å²) in [4.78, 5) is 2.19. The monoisotopic (exact) mass is 209 g/mol. The predicted molar refractivity (Wildman–Crippen MR) is 65.0 cm³/mol. The first-order valence-corrected chi connectivity index (χ1v) is 5.73. The van der Waals surface area contributed by atoms with Crippen molar-refractivity contribution in [2.24, 2.45) is 0 Å². The van der Waals surface area contributed by atoms with Crippen LogP contribution in [0, 0.1) is 0 Å². The van der Waals surface area contributed by atoms with Crippen molar-refractivity contribution in [3.05, 3.63) is 24.0 Å². The molecule has 0 aliphatic rings. The molecule has 0 bridgehead atoms. The molecule has 3 heteroatoms. The smallest absolute Gasteiger partial charge is 0.0359 e. The molecule has 0 aromatic carbocycles. The Morgan fingerprint density at radius 1 is 1.40 bits per heavy atom. The van der Waals surface area contributed by atoms with Gasteiger partial charge in [-0.05, 0) is 32.6 Å². The summed E-state index contributed by atoms with van der Waals surface area (Å²) in [5.41, 5.74) is 1.38. The second kappa shape index (κ2) is 6.64. The molecule has 0 amide bonds. The van der Waals surface area contributed by atoms with Crippen LogP contribution in [0.2, 0.25) is 0 Å². The number of nitrogens with zero attached hydrogens (tertiary/aromatic N) is 2. The number of aryl methyl sites for hydroxylation is 1. The Labute approximate surface area is 93.1 Å². The maximum atomic E-state index is 3.46. The van der Waals surface area contributed by atoms with Crippen LogP contribution in [0.4, 0.5) is 0 Å². The Morgan fingerprint density at radius 3 is 2.87 bits per heavy atom. The number of hydrogen-bond acceptors (Lipinski definition) is 2. The fraction of sp³-hybridized carbons (Fsp3) is 0.667. The summed E-state index contributed by atoms with van der Waals surface area (Å²) in [6, 6.07) is 4.32. The van der Waals surface area contributed by atoms with Gasteiger partial charge in [0.2, 0.25) is 0 Å². The second-order valence-electron chi connectivity index (χ2n) is 4.17. The van der Waals surface area contributed by atoms with Crippen molar-refractivity contribution in [3.8, 4) is 0 Å². The van der Waals surface area contributed by atoms with E-state index in [1.807, 2.05) is 0 Å². The highest BCUT2D eigenvalue weighted by Gasteiger charge is 1.98. The second-order valence-corrected chi connectivity index (χ2v) is 4.17. The Bertz CT molecular complexity index is 266. The maximum Gasteiger partial charge on any atom is 0.0359 e. The molecule has 3 nitrogen and oxygen atoms in total. The van der Waals surface area contributed by atoms with Crippen LogP contribution in [0.5, 0.6) is 0 Å². The lowest BCUT2D eigenvalue weighted by atomic mass is 10.4. The van der Waals surface area contributed by atoms with Crippen molar-refractivity contribution in [1.29, 1.82) is 0 Å². The summed E-state index contributed by atoms with van der Waals surface area (Å²) in [5.74, 6) is 0. The number of rotatable bonds is 7. The normalized spacial score (nSPS) is 11.2. The Kier molecular flexibility index (Phi) is 5.43. The molecule has 1 N–H and O–H groups in total. The van der Waals surface area contributed by atoms with Gasteiger partial charge < -0.3 is 14.8 Å². The summed E-state index contributed by atoms with van der Waals surface area (Å²) in [6.07, 6.45) is 3.35. The van der Waals surface area contributed by atoms with E-state index in [9.17, 15) is 0 Å². The van der Waals surface area contributed by atoms with Gasteiger partial charge in [-0.1, -0.05) is 6.92 Å². The predicted octanol–water partition coefficient (Wildman–Crippen LogP) is 1.55. The fourth-order valence-electron chi connectivity index (χ4n) is 1.59. The number of likely N-dealkylation sites (N-methyl/N-ethyl adjacent to an activating group) is 1. The van der Waals surface area contributed by atoms with E-state index in [1.54, 1.807) is 0 Å². The molecule has 1 aromatic heterocycles. The highest BCUT2D eigenvalue weighted by atomic mass is 15.1. The summed E-state index contributed by atoms with van der Waals surface area (Å²) < 4.78 is 2.32. The molecule has 0 spiro atoms. The van der Waals surface area contributed by atoms with Crippen molar-refractivity contribution in [3.63, 3.8) is 0 Å². The van der Waals surface area contributed by atoms with Crippen LogP contribution in [0.3, 0.4) is 0 Å². The third-order valence-corrected chi connectivity index (χ3v) is 2.43. The van der Waals surface area contributed by atoms with Gasteiger partial charge in [0.15, 0.2) is 0 Å². The summed E-state index contributed by atoms with van der Waals surface area (Å²) >= 11 is 0. The summed E-state index contributed by atoms with van der Waals surface area (Å²) in [5, 5.41) is 3.46. The molecule has 0 aliphatic carbocycles. The van der Waals surface area contributed by atoms with Gasteiger partial charge >= 0.3 is 0 Å². The molecule has 1 aromatic rings. The van der Waals surface area contributed by atoms with Gasteiger partial charge in [0.1, 0.15) is 0 Å². The molecule has 0 atom stereocenters. The minimum atomic E-state index is 0.973. The minimum Gasteiger partial charge on any atom is -0.350 e. The zero-order valence-corrected chi connectivity index (χ0v) is 10.2. The van der Waals surface area contributed by atoms with Gasteiger partial charge in [0, 0.05) is 38.1 Å². The molecule has 0 fully saturated rings. The van der Waals surface area contributed by atoms with E-state index < -0.39 is 0 Å². The van der Waals surface area contributed by atoms with E-state index in [4.69, 9.17) is 0 Å². The Balaban J connectivity index is 2.27. The molecule has 0 saturated heterocycles. The van der Waals surface area contributed by atoms with Crippen LogP contribution in [0.25, 0.3) is 0 Å². The summed E-state index contributed by atoms with van der Waals surface area (Å²) in [6.45, 7) is 6.45. The van der Waals surface area contributed by atoms with Gasteiger partial charge in [0.05, 0.1) is 0 Å². The maximum absolute atomic E-state index is 3.46. The van der Waals surface area contributed by atoms with E-state index >= 15 is 0 Å². The average molecular weight is 209 g/mol. The fourth-order valence-corrected chi connectivity index (χ4v) is 1.59.